The van der Waals surface area contributed by atoms with Gasteiger partial charge in [-0.25, -0.2) is 0 Å². The molecular weight excluding hydrogens is 222 g/mol. The summed E-state index contributed by atoms with van der Waals surface area (Å²) in [4.78, 5) is 4.42. The first-order valence-electron chi connectivity index (χ1n) is 5.19. The number of aliphatic imine (C=N–C) groups is 1. The third-order valence-corrected chi connectivity index (χ3v) is 2.98. The van der Waals surface area contributed by atoms with E-state index in [1.807, 2.05) is 18.2 Å². The molecule has 0 radical (unpaired) electrons. The third-order valence-electron chi connectivity index (χ3n) is 2.75. The molecule has 0 aliphatic heterocycles. The first-order chi connectivity index (χ1) is 7.70. The molecule has 1 aromatic carbocycles. The number of aryl methyl sites for hydroxylation is 1. The molecule has 0 heterocycles. The van der Waals surface area contributed by atoms with Crippen LogP contribution in [0.15, 0.2) is 35.1 Å². The minimum atomic E-state index is 0.186. The van der Waals surface area contributed by atoms with E-state index in [0.717, 1.165) is 17.9 Å². The van der Waals surface area contributed by atoms with Gasteiger partial charge in [0.1, 0.15) is 0 Å². The smallest absolute Gasteiger partial charge is 0.0755 e. The zero-order chi connectivity index (χ0) is 11.5. The Labute approximate surface area is 99.8 Å². The summed E-state index contributed by atoms with van der Waals surface area (Å²) in [5.74, 6) is 0. The molecule has 0 bridgehead atoms. The Morgan fingerprint density at radius 2 is 2.31 bits per heavy atom. The molecule has 0 spiro atoms. The normalized spacial score (nSPS) is 20.3. The lowest BCUT2D eigenvalue weighted by Gasteiger charge is -2.05. The summed E-state index contributed by atoms with van der Waals surface area (Å²) in [7, 11) is 0. The van der Waals surface area contributed by atoms with E-state index in [4.69, 9.17) is 23.1 Å². The Morgan fingerprint density at radius 3 is 3.06 bits per heavy atom. The van der Waals surface area contributed by atoms with E-state index in [0.29, 0.717) is 5.70 Å². The fourth-order valence-electron chi connectivity index (χ4n) is 1.94. The topological polar surface area (TPSA) is 64.4 Å². The monoisotopic (exact) mass is 235 g/mol. The first kappa shape index (κ1) is 11.0. The summed E-state index contributed by atoms with van der Waals surface area (Å²) in [6.07, 6.45) is 4.99. The molecule has 1 aromatic rings. The summed E-state index contributed by atoms with van der Waals surface area (Å²) >= 11 is 5.94. The number of hydrogen-bond donors (Lipinski definition) is 2. The highest BCUT2D eigenvalue weighted by atomic mass is 35.5. The SMILES string of the molecule is NC=C(N)C=NC1CCc2cc(Cl)ccc21. The number of fused-ring (bicyclic) bond motifs is 1. The average Bonchev–Trinajstić information content (AvgIpc) is 2.68. The van der Waals surface area contributed by atoms with E-state index in [1.54, 1.807) is 6.21 Å². The zero-order valence-electron chi connectivity index (χ0n) is 8.86. The summed E-state index contributed by atoms with van der Waals surface area (Å²) in [6, 6.07) is 6.13. The van der Waals surface area contributed by atoms with E-state index in [2.05, 4.69) is 4.99 Å². The van der Waals surface area contributed by atoms with Gasteiger partial charge in [0.05, 0.1) is 11.7 Å². The molecule has 0 saturated heterocycles. The Kier molecular flexibility index (Phi) is 3.15. The van der Waals surface area contributed by atoms with Gasteiger partial charge in [0, 0.05) is 17.4 Å². The largest absolute Gasteiger partial charge is 0.403 e. The number of allylic oxidation sites excluding steroid dienone is 1. The van der Waals surface area contributed by atoms with Crippen molar-refractivity contribution in [2.24, 2.45) is 16.5 Å². The molecule has 1 atom stereocenters. The fraction of sp³-hybridized carbons (Fsp3) is 0.250. The van der Waals surface area contributed by atoms with Crippen molar-refractivity contribution in [1.29, 1.82) is 0 Å². The fourth-order valence-corrected chi connectivity index (χ4v) is 2.13. The molecule has 1 aliphatic carbocycles. The molecule has 4 heteroatoms. The molecule has 4 N–H and O–H groups in total. The second kappa shape index (κ2) is 4.58. The van der Waals surface area contributed by atoms with Crippen LogP contribution in [0.25, 0.3) is 0 Å². The van der Waals surface area contributed by atoms with E-state index in [-0.39, 0.29) is 6.04 Å². The highest BCUT2D eigenvalue weighted by Gasteiger charge is 2.21. The van der Waals surface area contributed by atoms with Crippen LogP contribution >= 0.6 is 11.6 Å². The number of nitrogens with two attached hydrogens (primary N) is 2. The van der Waals surface area contributed by atoms with Crippen LogP contribution in [0, 0.1) is 0 Å². The Hall–Kier alpha value is -1.48. The third kappa shape index (κ3) is 2.19. The van der Waals surface area contributed by atoms with Crippen molar-refractivity contribution in [3.8, 4) is 0 Å². The molecule has 84 valence electrons. The molecular formula is C12H14ClN3. The lowest BCUT2D eigenvalue weighted by Crippen LogP contribution is -2.02. The molecule has 2 rings (SSSR count). The molecule has 0 amide bonds. The van der Waals surface area contributed by atoms with Crippen molar-refractivity contribution in [2.45, 2.75) is 18.9 Å². The van der Waals surface area contributed by atoms with Crippen molar-refractivity contribution in [3.05, 3.63) is 46.2 Å². The summed E-state index contributed by atoms with van der Waals surface area (Å²) in [5.41, 5.74) is 13.8. The van der Waals surface area contributed by atoms with Gasteiger partial charge >= 0.3 is 0 Å². The van der Waals surface area contributed by atoms with Crippen LogP contribution in [0.4, 0.5) is 0 Å². The highest BCUT2D eigenvalue weighted by Crippen LogP contribution is 2.35. The van der Waals surface area contributed by atoms with Crippen LogP contribution in [0.3, 0.4) is 0 Å². The maximum absolute atomic E-state index is 5.94. The van der Waals surface area contributed by atoms with Gasteiger partial charge in [-0.1, -0.05) is 17.7 Å². The molecule has 3 nitrogen and oxygen atoms in total. The molecule has 1 aliphatic rings. The van der Waals surface area contributed by atoms with Gasteiger partial charge in [0.15, 0.2) is 0 Å². The van der Waals surface area contributed by atoms with Crippen LogP contribution < -0.4 is 11.5 Å². The van der Waals surface area contributed by atoms with Gasteiger partial charge in [0.25, 0.3) is 0 Å². The van der Waals surface area contributed by atoms with Gasteiger partial charge in [-0.2, -0.15) is 0 Å². The predicted octanol–water partition coefficient (Wildman–Crippen LogP) is 2.16. The minimum absolute atomic E-state index is 0.186. The highest BCUT2D eigenvalue weighted by molar-refractivity contribution is 6.30. The van der Waals surface area contributed by atoms with Gasteiger partial charge in [0.2, 0.25) is 0 Å². The Balaban J connectivity index is 2.21. The van der Waals surface area contributed by atoms with Crippen LogP contribution in [0.5, 0.6) is 0 Å². The molecule has 0 fully saturated rings. The van der Waals surface area contributed by atoms with Crippen LogP contribution in [0.2, 0.25) is 5.02 Å². The van der Waals surface area contributed by atoms with Gasteiger partial charge in [-0.15, -0.1) is 0 Å². The van der Waals surface area contributed by atoms with Crippen LogP contribution in [0.1, 0.15) is 23.6 Å². The summed E-state index contributed by atoms with van der Waals surface area (Å²) in [5, 5.41) is 0.782. The average molecular weight is 236 g/mol. The second-order valence-corrected chi connectivity index (χ2v) is 4.28. The molecule has 16 heavy (non-hydrogen) atoms. The van der Waals surface area contributed by atoms with Gasteiger partial charge in [-0.05, 0) is 36.1 Å². The van der Waals surface area contributed by atoms with E-state index >= 15 is 0 Å². The van der Waals surface area contributed by atoms with Gasteiger partial charge < -0.3 is 11.5 Å². The van der Waals surface area contributed by atoms with E-state index < -0.39 is 0 Å². The van der Waals surface area contributed by atoms with Gasteiger partial charge in [-0.3, -0.25) is 4.99 Å². The molecule has 0 aromatic heterocycles. The minimum Gasteiger partial charge on any atom is -0.403 e. The number of nitrogens with zero attached hydrogens (tertiary/aromatic N) is 1. The van der Waals surface area contributed by atoms with Crippen molar-refractivity contribution in [3.63, 3.8) is 0 Å². The van der Waals surface area contributed by atoms with E-state index in [9.17, 15) is 0 Å². The predicted molar refractivity (Wildman–Crippen MR) is 67.5 cm³/mol. The lowest BCUT2D eigenvalue weighted by atomic mass is 10.1. The number of hydrogen-bond acceptors (Lipinski definition) is 3. The second-order valence-electron chi connectivity index (χ2n) is 3.84. The molecule has 1 unspecified atom stereocenters. The van der Waals surface area contributed by atoms with Crippen molar-refractivity contribution in [2.75, 3.05) is 0 Å². The van der Waals surface area contributed by atoms with Crippen LogP contribution in [-0.4, -0.2) is 6.21 Å². The number of halogens is 1. The zero-order valence-corrected chi connectivity index (χ0v) is 9.61. The standard InChI is InChI=1S/C12H14ClN3/c13-9-2-3-11-8(5-9)1-4-12(11)16-7-10(15)6-14/h2-3,5-7,12H,1,4,14-15H2. The maximum atomic E-state index is 5.94. The van der Waals surface area contributed by atoms with Crippen LogP contribution in [-0.2, 0) is 6.42 Å². The Bertz CT molecular complexity index is 452. The first-order valence-corrected chi connectivity index (χ1v) is 5.57. The van der Waals surface area contributed by atoms with Crippen molar-refractivity contribution >= 4 is 17.8 Å². The number of benzene rings is 1. The Morgan fingerprint density at radius 1 is 1.50 bits per heavy atom. The summed E-state index contributed by atoms with van der Waals surface area (Å²) < 4.78 is 0. The summed E-state index contributed by atoms with van der Waals surface area (Å²) in [6.45, 7) is 0. The lowest BCUT2D eigenvalue weighted by molar-refractivity contribution is 0.718. The maximum Gasteiger partial charge on any atom is 0.0755 e. The van der Waals surface area contributed by atoms with E-state index in [1.165, 1.54) is 17.3 Å². The van der Waals surface area contributed by atoms with Crippen molar-refractivity contribution < 1.29 is 0 Å². The van der Waals surface area contributed by atoms with Crippen molar-refractivity contribution in [1.82, 2.24) is 0 Å². The number of rotatable bonds is 2. The quantitative estimate of drug-likeness (QED) is 0.772. The molecule has 0 saturated carbocycles.